The Morgan fingerprint density at radius 2 is 2.13 bits per heavy atom. The number of ether oxygens (including phenoxy) is 1. The first kappa shape index (κ1) is 11.7. The lowest BCUT2D eigenvalue weighted by atomic mass is 9.90. The maximum Gasteiger partial charge on any atom is 0.0468 e. The van der Waals surface area contributed by atoms with Gasteiger partial charge in [0.15, 0.2) is 0 Å². The fourth-order valence-corrected chi connectivity index (χ4v) is 4.17. The van der Waals surface area contributed by atoms with Crippen molar-refractivity contribution in [2.24, 2.45) is 5.92 Å². The van der Waals surface area contributed by atoms with Crippen molar-refractivity contribution in [3.8, 4) is 0 Å². The van der Waals surface area contributed by atoms with Crippen LogP contribution in [0, 0.1) is 5.92 Å². The lowest BCUT2D eigenvalue weighted by Gasteiger charge is -2.29. The van der Waals surface area contributed by atoms with E-state index in [1.165, 1.54) is 37.9 Å². The Morgan fingerprint density at radius 3 is 2.73 bits per heavy atom. The van der Waals surface area contributed by atoms with E-state index in [0.717, 1.165) is 30.4 Å². The summed E-state index contributed by atoms with van der Waals surface area (Å²) < 4.78 is 5.41. The molecule has 0 aromatic heterocycles. The molecular formula is C12H23NOS. The SMILES string of the molecule is CNC(CC1CCOCC1)C1CCCS1. The molecular weight excluding hydrogens is 206 g/mol. The van der Waals surface area contributed by atoms with Crippen LogP contribution in [0.25, 0.3) is 0 Å². The van der Waals surface area contributed by atoms with E-state index in [1.807, 2.05) is 0 Å². The van der Waals surface area contributed by atoms with Crippen molar-refractivity contribution in [1.82, 2.24) is 5.32 Å². The molecule has 0 spiro atoms. The third-order valence-electron chi connectivity index (χ3n) is 3.71. The van der Waals surface area contributed by atoms with E-state index in [9.17, 15) is 0 Å². The molecule has 2 saturated heterocycles. The van der Waals surface area contributed by atoms with Gasteiger partial charge in [-0.25, -0.2) is 0 Å². The van der Waals surface area contributed by atoms with E-state index in [1.54, 1.807) is 0 Å². The van der Waals surface area contributed by atoms with Crippen LogP contribution in [-0.2, 0) is 4.74 Å². The zero-order chi connectivity index (χ0) is 10.5. The topological polar surface area (TPSA) is 21.3 Å². The highest BCUT2D eigenvalue weighted by Crippen LogP contribution is 2.32. The van der Waals surface area contributed by atoms with Crippen LogP contribution in [-0.4, -0.2) is 37.3 Å². The van der Waals surface area contributed by atoms with Gasteiger partial charge in [-0.2, -0.15) is 11.8 Å². The summed E-state index contributed by atoms with van der Waals surface area (Å²) in [6.07, 6.45) is 6.74. The predicted octanol–water partition coefficient (Wildman–Crippen LogP) is 2.29. The van der Waals surface area contributed by atoms with Gasteiger partial charge in [0.25, 0.3) is 0 Å². The first-order valence-corrected chi connectivity index (χ1v) is 7.31. The van der Waals surface area contributed by atoms with Crippen molar-refractivity contribution in [2.45, 2.75) is 43.4 Å². The summed E-state index contributed by atoms with van der Waals surface area (Å²) in [7, 11) is 2.13. The van der Waals surface area contributed by atoms with Crippen LogP contribution in [0.15, 0.2) is 0 Å². The molecule has 2 aliphatic rings. The molecule has 0 aromatic carbocycles. The van der Waals surface area contributed by atoms with Gasteiger partial charge in [-0.15, -0.1) is 0 Å². The van der Waals surface area contributed by atoms with Gasteiger partial charge in [0, 0.05) is 24.5 Å². The van der Waals surface area contributed by atoms with Gasteiger partial charge in [0.1, 0.15) is 0 Å². The van der Waals surface area contributed by atoms with Crippen molar-refractivity contribution >= 4 is 11.8 Å². The van der Waals surface area contributed by atoms with Crippen molar-refractivity contribution in [1.29, 1.82) is 0 Å². The van der Waals surface area contributed by atoms with E-state index in [-0.39, 0.29) is 0 Å². The molecule has 2 unspecified atom stereocenters. The van der Waals surface area contributed by atoms with Gasteiger partial charge in [-0.3, -0.25) is 0 Å². The third-order valence-corrected chi connectivity index (χ3v) is 5.23. The molecule has 2 fully saturated rings. The fraction of sp³-hybridized carbons (Fsp3) is 1.00. The molecule has 2 rings (SSSR count). The second-order valence-corrected chi connectivity index (χ2v) is 6.09. The molecule has 2 atom stereocenters. The molecule has 3 heteroatoms. The maximum absolute atomic E-state index is 5.41. The number of rotatable bonds is 4. The number of thioether (sulfide) groups is 1. The van der Waals surface area contributed by atoms with Crippen LogP contribution < -0.4 is 5.32 Å². The summed E-state index contributed by atoms with van der Waals surface area (Å²) in [5, 5.41) is 4.40. The van der Waals surface area contributed by atoms with E-state index >= 15 is 0 Å². The highest BCUT2D eigenvalue weighted by Gasteiger charge is 2.27. The molecule has 0 bridgehead atoms. The largest absolute Gasteiger partial charge is 0.381 e. The quantitative estimate of drug-likeness (QED) is 0.799. The molecule has 15 heavy (non-hydrogen) atoms. The van der Waals surface area contributed by atoms with Crippen molar-refractivity contribution < 1.29 is 4.74 Å². The lowest BCUT2D eigenvalue weighted by molar-refractivity contribution is 0.0607. The van der Waals surface area contributed by atoms with Crippen LogP contribution >= 0.6 is 11.8 Å². The maximum atomic E-state index is 5.41. The highest BCUT2D eigenvalue weighted by molar-refractivity contribution is 8.00. The molecule has 0 saturated carbocycles. The minimum atomic E-state index is 0.737. The van der Waals surface area contributed by atoms with Crippen LogP contribution in [0.4, 0.5) is 0 Å². The molecule has 88 valence electrons. The molecule has 0 aliphatic carbocycles. The predicted molar refractivity (Wildman–Crippen MR) is 66.5 cm³/mol. The Balaban J connectivity index is 1.78. The summed E-state index contributed by atoms with van der Waals surface area (Å²) in [6.45, 7) is 1.97. The first-order chi connectivity index (χ1) is 7.40. The molecule has 0 aromatic rings. The van der Waals surface area contributed by atoms with E-state index in [2.05, 4.69) is 24.1 Å². The molecule has 0 amide bonds. The Kier molecular flexibility index (Phi) is 4.79. The first-order valence-electron chi connectivity index (χ1n) is 6.26. The third kappa shape index (κ3) is 3.36. The van der Waals surface area contributed by atoms with Gasteiger partial charge in [-0.1, -0.05) is 0 Å². The van der Waals surface area contributed by atoms with Gasteiger partial charge in [-0.05, 0) is 50.8 Å². The lowest BCUT2D eigenvalue weighted by Crippen LogP contribution is -2.37. The number of nitrogens with one attached hydrogen (secondary N) is 1. The average Bonchev–Trinajstić information content (AvgIpc) is 2.81. The second kappa shape index (κ2) is 6.12. The summed E-state index contributed by atoms with van der Waals surface area (Å²) in [4.78, 5) is 0. The molecule has 0 radical (unpaired) electrons. The van der Waals surface area contributed by atoms with Crippen LogP contribution in [0.3, 0.4) is 0 Å². The van der Waals surface area contributed by atoms with Crippen LogP contribution in [0.5, 0.6) is 0 Å². The zero-order valence-corrected chi connectivity index (χ0v) is 10.5. The van der Waals surface area contributed by atoms with E-state index < -0.39 is 0 Å². The van der Waals surface area contributed by atoms with Gasteiger partial charge < -0.3 is 10.1 Å². The van der Waals surface area contributed by atoms with E-state index in [4.69, 9.17) is 4.74 Å². The molecule has 2 heterocycles. The highest BCUT2D eigenvalue weighted by atomic mass is 32.2. The van der Waals surface area contributed by atoms with E-state index in [0.29, 0.717) is 0 Å². The van der Waals surface area contributed by atoms with Crippen molar-refractivity contribution in [3.63, 3.8) is 0 Å². The summed E-state index contributed by atoms with van der Waals surface area (Å²) in [5.41, 5.74) is 0. The molecule has 2 aliphatic heterocycles. The van der Waals surface area contributed by atoms with Crippen LogP contribution in [0.2, 0.25) is 0 Å². The summed E-state index contributed by atoms with van der Waals surface area (Å²) >= 11 is 2.17. The van der Waals surface area contributed by atoms with Crippen molar-refractivity contribution in [3.05, 3.63) is 0 Å². The van der Waals surface area contributed by atoms with Crippen LogP contribution in [0.1, 0.15) is 32.1 Å². The zero-order valence-electron chi connectivity index (χ0n) is 9.71. The smallest absolute Gasteiger partial charge is 0.0468 e. The number of hydrogen-bond donors (Lipinski definition) is 1. The monoisotopic (exact) mass is 229 g/mol. The molecule has 1 N–H and O–H groups in total. The Morgan fingerprint density at radius 1 is 1.33 bits per heavy atom. The fourth-order valence-electron chi connectivity index (χ4n) is 2.72. The number of hydrogen-bond acceptors (Lipinski definition) is 3. The molecule has 2 nitrogen and oxygen atoms in total. The average molecular weight is 229 g/mol. The Labute approximate surface area is 97.5 Å². The minimum absolute atomic E-state index is 0.737. The minimum Gasteiger partial charge on any atom is -0.381 e. The standard InChI is InChI=1S/C12H23NOS/c1-13-11(12-3-2-8-15-12)9-10-4-6-14-7-5-10/h10-13H,2-9H2,1H3. The van der Waals surface area contributed by atoms with Gasteiger partial charge >= 0.3 is 0 Å². The Bertz CT molecular complexity index is 176. The summed E-state index contributed by atoms with van der Waals surface area (Å²) in [5.74, 6) is 2.27. The summed E-state index contributed by atoms with van der Waals surface area (Å²) in [6, 6.07) is 0.737. The van der Waals surface area contributed by atoms with Gasteiger partial charge in [0.2, 0.25) is 0 Å². The Hall–Kier alpha value is 0.270. The van der Waals surface area contributed by atoms with Gasteiger partial charge in [0.05, 0.1) is 0 Å². The second-order valence-electron chi connectivity index (χ2n) is 4.74. The normalized spacial score (nSPS) is 30.6. The van der Waals surface area contributed by atoms with Crippen molar-refractivity contribution in [2.75, 3.05) is 26.0 Å².